The third-order valence-corrected chi connectivity index (χ3v) is 2.17. The zero-order valence-electron chi connectivity index (χ0n) is 11.9. The van der Waals surface area contributed by atoms with E-state index in [-0.39, 0.29) is 0 Å². The molecule has 0 atom stereocenters. The van der Waals surface area contributed by atoms with Gasteiger partial charge in [0.2, 0.25) is 0 Å². The first kappa shape index (κ1) is 17.4. The number of aryl methyl sites for hydroxylation is 3. The number of benzene rings is 1. The van der Waals surface area contributed by atoms with Crippen LogP contribution in [-0.2, 0) is 6.42 Å². The van der Waals surface area contributed by atoms with Crippen LogP contribution in [0.4, 0.5) is 0 Å². The van der Waals surface area contributed by atoms with Gasteiger partial charge in [-0.1, -0.05) is 57.5 Å². The number of hydrogen-bond donors (Lipinski definition) is 0. The van der Waals surface area contributed by atoms with Crippen molar-refractivity contribution in [3.8, 4) is 0 Å². The van der Waals surface area contributed by atoms with Crippen LogP contribution in [0, 0.1) is 13.8 Å². The Kier molecular flexibility index (Phi) is 13.1. The normalized spacial score (nSPS) is 8.12. The Labute approximate surface area is 102 Å². The van der Waals surface area contributed by atoms with Crippen LogP contribution in [0.5, 0.6) is 0 Å². The van der Waals surface area contributed by atoms with Crippen LogP contribution in [0.1, 0.15) is 50.8 Å². The molecule has 0 aromatic heterocycles. The molecule has 0 saturated heterocycles. The van der Waals surface area contributed by atoms with Gasteiger partial charge in [0.05, 0.1) is 0 Å². The molecule has 0 aliphatic carbocycles. The highest BCUT2D eigenvalue weighted by Gasteiger charge is 1.93. The lowest BCUT2D eigenvalue weighted by molar-refractivity contribution is 1.10. The monoisotopic (exact) mass is 220 g/mol. The van der Waals surface area contributed by atoms with E-state index in [0.717, 1.165) is 12.8 Å². The van der Waals surface area contributed by atoms with Gasteiger partial charge in [0.1, 0.15) is 0 Å². The van der Waals surface area contributed by atoms with Crippen molar-refractivity contribution in [1.82, 2.24) is 0 Å². The van der Waals surface area contributed by atoms with Gasteiger partial charge >= 0.3 is 0 Å². The van der Waals surface area contributed by atoms with Gasteiger partial charge in [-0.05, 0) is 37.8 Å². The van der Waals surface area contributed by atoms with Crippen LogP contribution < -0.4 is 0 Å². The molecule has 0 amide bonds. The second-order valence-corrected chi connectivity index (χ2v) is 3.48. The van der Waals surface area contributed by atoms with Crippen LogP contribution in [-0.4, -0.2) is 0 Å². The van der Waals surface area contributed by atoms with Crippen LogP contribution in [0.25, 0.3) is 0 Å². The van der Waals surface area contributed by atoms with Crippen molar-refractivity contribution in [2.45, 2.75) is 54.4 Å². The van der Waals surface area contributed by atoms with E-state index in [4.69, 9.17) is 0 Å². The van der Waals surface area contributed by atoms with E-state index in [9.17, 15) is 0 Å². The molecule has 0 aliphatic heterocycles. The Morgan fingerprint density at radius 1 is 1.12 bits per heavy atom. The lowest BCUT2D eigenvalue weighted by Gasteiger charge is -2.02. The lowest BCUT2D eigenvalue weighted by atomic mass is 10.0. The van der Waals surface area contributed by atoms with Gasteiger partial charge in [-0.25, -0.2) is 0 Å². The molecule has 1 aromatic rings. The minimum atomic E-state index is 1.08. The van der Waals surface area contributed by atoms with Crippen molar-refractivity contribution in [3.05, 3.63) is 47.5 Å². The Bertz CT molecular complexity index is 271. The maximum Gasteiger partial charge on any atom is -0.0305 e. The van der Waals surface area contributed by atoms with Crippen molar-refractivity contribution in [2.75, 3.05) is 0 Å². The maximum absolute atomic E-state index is 3.48. The molecule has 0 nitrogen and oxygen atoms in total. The van der Waals surface area contributed by atoms with Gasteiger partial charge in [0, 0.05) is 0 Å². The van der Waals surface area contributed by atoms with E-state index in [2.05, 4.69) is 52.5 Å². The summed E-state index contributed by atoms with van der Waals surface area (Å²) < 4.78 is 0. The molecule has 0 heteroatoms. The molecule has 0 saturated carbocycles. The molecular weight excluding hydrogens is 192 g/mol. The second kappa shape index (κ2) is 12.0. The van der Waals surface area contributed by atoms with Crippen LogP contribution in [0.2, 0.25) is 0 Å². The molecule has 16 heavy (non-hydrogen) atoms. The maximum atomic E-state index is 3.48. The van der Waals surface area contributed by atoms with Crippen molar-refractivity contribution < 1.29 is 0 Å². The molecule has 0 heterocycles. The van der Waals surface area contributed by atoms with E-state index in [1.807, 2.05) is 19.9 Å². The van der Waals surface area contributed by atoms with Gasteiger partial charge in [0.15, 0.2) is 0 Å². The van der Waals surface area contributed by atoms with Gasteiger partial charge in [-0.2, -0.15) is 0 Å². The van der Waals surface area contributed by atoms with Crippen molar-refractivity contribution in [3.63, 3.8) is 0 Å². The van der Waals surface area contributed by atoms with Crippen molar-refractivity contribution in [1.29, 1.82) is 0 Å². The van der Waals surface area contributed by atoms with Gasteiger partial charge in [0.25, 0.3) is 0 Å². The molecule has 0 fully saturated rings. The fourth-order valence-electron chi connectivity index (χ4n) is 1.24. The standard InChI is InChI=1S/C10H14.C4H8.C2H6/c1-4-10-6-5-8(2)7-9(10)3;1-3-4-2;1-2/h5-7H,4H2,1-3H3;3H,1,4H2,2H3;1-2H3. The second-order valence-electron chi connectivity index (χ2n) is 3.48. The molecule has 0 radical (unpaired) electrons. The quantitative estimate of drug-likeness (QED) is 0.579. The zero-order chi connectivity index (χ0) is 13.0. The Morgan fingerprint density at radius 2 is 1.62 bits per heavy atom. The van der Waals surface area contributed by atoms with Crippen LogP contribution in [0.15, 0.2) is 30.9 Å². The lowest BCUT2D eigenvalue weighted by Crippen LogP contribution is -1.85. The molecule has 0 N–H and O–H groups in total. The van der Waals surface area contributed by atoms with E-state index in [1.54, 1.807) is 0 Å². The first-order chi connectivity index (χ1) is 7.65. The summed E-state index contributed by atoms with van der Waals surface area (Å²) in [4.78, 5) is 0. The number of allylic oxidation sites excluding steroid dienone is 1. The topological polar surface area (TPSA) is 0 Å². The highest BCUT2D eigenvalue weighted by atomic mass is 14.0. The van der Waals surface area contributed by atoms with E-state index >= 15 is 0 Å². The highest BCUT2D eigenvalue weighted by Crippen LogP contribution is 2.10. The molecular formula is C16H28. The zero-order valence-corrected chi connectivity index (χ0v) is 11.9. The van der Waals surface area contributed by atoms with Crippen LogP contribution in [0.3, 0.4) is 0 Å². The third kappa shape index (κ3) is 8.28. The number of hydrogen-bond acceptors (Lipinski definition) is 0. The van der Waals surface area contributed by atoms with Gasteiger partial charge < -0.3 is 0 Å². The minimum Gasteiger partial charge on any atom is -0.103 e. The molecule has 0 aliphatic rings. The summed E-state index contributed by atoms with van der Waals surface area (Å²) in [7, 11) is 0. The Balaban J connectivity index is 0. The summed E-state index contributed by atoms with van der Waals surface area (Å²) in [6.07, 6.45) is 4.10. The third-order valence-electron chi connectivity index (χ3n) is 2.17. The fourth-order valence-corrected chi connectivity index (χ4v) is 1.24. The molecule has 1 rings (SSSR count). The number of rotatable bonds is 2. The molecule has 92 valence electrons. The van der Waals surface area contributed by atoms with Gasteiger partial charge in [-0.3, -0.25) is 0 Å². The summed E-state index contributed by atoms with van der Waals surface area (Å²) in [5, 5.41) is 0. The molecule has 0 bridgehead atoms. The fraction of sp³-hybridized carbons (Fsp3) is 0.500. The van der Waals surface area contributed by atoms with Crippen LogP contribution >= 0.6 is 0 Å². The smallest absolute Gasteiger partial charge is 0.0305 e. The predicted octanol–water partition coefficient (Wildman–Crippen LogP) is 5.47. The molecule has 1 aromatic carbocycles. The van der Waals surface area contributed by atoms with E-state index < -0.39 is 0 Å². The average Bonchev–Trinajstić information content (AvgIpc) is 2.32. The van der Waals surface area contributed by atoms with Gasteiger partial charge in [-0.15, -0.1) is 6.58 Å². The van der Waals surface area contributed by atoms with Crippen molar-refractivity contribution >= 4 is 0 Å². The van der Waals surface area contributed by atoms with Crippen molar-refractivity contribution in [2.24, 2.45) is 0 Å². The first-order valence-electron chi connectivity index (χ1n) is 6.32. The van der Waals surface area contributed by atoms with E-state index in [1.165, 1.54) is 16.7 Å². The average molecular weight is 220 g/mol. The minimum absolute atomic E-state index is 1.08. The molecule has 0 unspecified atom stereocenters. The summed E-state index contributed by atoms with van der Waals surface area (Å²) in [5.41, 5.74) is 4.24. The highest BCUT2D eigenvalue weighted by molar-refractivity contribution is 5.30. The SMILES string of the molecule is C=CCC.CC.CCc1ccc(C)cc1C. The first-order valence-corrected chi connectivity index (χ1v) is 6.32. The summed E-state index contributed by atoms with van der Waals surface area (Å²) in [6.45, 7) is 16.0. The largest absolute Gasteiger partial charge is 0.103 e. The summed E-state index contributed by atoms with van der Waals surface area (Å²) >= 11 is 0. The summed E-state index contributed by atoms with van der Waals surface area (Å²) in [6, 6.07) is 6.62. The Morgan fingerprint density at radius 3 is 1.94 bits per heavy atom. The molecule has 0 spiro atoms. The predicted molar refractivity (Wildman–Crippen MR) is 77.1 cm³/mol. The summed E-state index contributed by atoms with van der Waals surface area (Å²) in [5.74, 6) is 0. The van der Waals surface area contributed by atoms with E-state index in [0.29, 0.717) is 0 Å². The Hall–Kier alpha value is -1.04.